The molecular weight excluding hydrogens is 318 g/mol. The molecule has 1 saturated heterocycles. The summed E-state index contributed by atoms with van der Waals surface area (Å²) in [6.45, 7) is 2.75. The summed E-state index contributed by atoms with van der Waals surface area (Å²) in [4.78, 5) is 25.5. The molecule has 0 aromatic heterocycles. The van der Waals surface area contributed by atoms with E-state index in [4.69, 9.17) is 4.74 Å². The Bertz CT molecular complexity index is 775. The number of amides is 2. The molecule has 1 atom stereocenters. The Labute approximate surface area is 146 Å². The number of cyclic esters (lactones) is 1. The van der Waals surface area contributed by atoms with Gasteiger partial charge in [-0.25, -0.2) is 4.79 Å². The van der Waals surface area contributed by atoms with Crippen LogP contribution in [0.15, 0.2) is 18.2 Å². The predicted molar refractivity (Wildman–Crippen MR) is 91.1 cm³/mol. The van der Waals surface area contributed by atoms with Crippen molar-refractivity contribution in [2.24, 2.45) is 5.92 Å². The quantitative estimate of drug-likeness (QED) is 0.893. The molecule has 0 bridgehead atoms. The normalized spacial score (nSPS) is 23.8. The van der Waals surface area contributed by atoms with E-state index in [9.17, 15) is 14.9 Å². The second kappa shape index (κ2) is 5.76. The summed E-state index contributed by atoms with van der Waals surface area (Å²) in [5.41, 5.74) is 2.52. The van der Waals surface area contributed by atoms with Crippen LogP contribution in [0.5, 0.6) is 0 Å². The molecule has 6 nitrogen and oxygen atoms in total. The van der Waals surface area contributed by atoms with Gasteiger partial charge in [-0.3, -0.25) is 9.69 Å². The van der Waals surface area contributed by atoms with Crippen LogP contribution in [-0.4, -0.2) is 31.2 Å². The lowest BCUT2D eigenvalue weighted by atomic mass is 9.93. The summed E-state index contributed by atoms with van der Waals surface area (Å²) in [5.74, 6) is 0.208. The maximum Gasteiger partial charge on any atom is 0.414 e. The Kier molecular flexibility index (Phi) is 3.68. The topological polar surface area (TPSA) is 82.4 Å². The van der Waals surface area contributed by atoms with Crippen LogP contribution in [0.1, 0.15) is 36.8 Å². The van der Waals surface area contributed by atoms with E-state index in [1.54, 1.807) is 4.90 Å². The molecule has 1 aliphatic heterocycles. The molecule has 0 unspecified atom stereocenters. The van der Waals surface area contributed by atoms with Gasteiger partial charge >= 0.3 is 6.09 Å². The molecule has 1 aromatic carbocycles. The van der Waals surface area contributed by atoms with Crippen molar-refractivity contribution in [3.8, 4) is 6.07 Å². The number of aryl methyl sites for hydroxylation is 1. The van der Waals surface area contributed by atoms with Crippen molar-refractivity contribution in [2.75, 3.05) is 18.0 Å². The Morgan fingerprint density at radius 3 is 2.80 bits per heavy atom. The van der Waals surface area contributed by atoms with Crippen LogP contribution in [0, 0.1) is 24.2 Å². The first-order chi connectivity index (χ1) is 12.0. The number of rotatable bonds is 5. The number of carbonyl (C=O) groups is 2. The summed E-state index contributed by atoms with van der Waals surface area (Å²) in [7, 11) is 0. The van der Waals surface area contributed by atoms with Crippen LogP contribution in [-0.2, 0) is 14.9 Å². The van der Waals surface area contributed by atoms with Crippen molar-refractivity contribution in [1.82, 2.24) is 5.32 Å². The molecule has 2 saturated carbocycles. The number of hydrogen-bond acceptors (Lipinski definition) is 4. The molecule has 25 heavy (non-hydrogen) atoms. The van der Waals surface area contributed by atoms with Gasteiger partial charge in [0.1, 0.15) is 6.10 Å². The maximum atomic E-state index is 12.2. The van der Waals surface area contributed by atoms with E-state index in [0.29, 0.717) is 13.1 Å². The highest BCUT2D eigenvalue weighted by Gasteiger charge is 2.46. The van der Waals surface area contributed by atoms with Crippen molar-refractivity contribution in [3.05, 3.63) is 29.3 Å². The minimum atomic E-state index is -0.390. The molecule has 1 N–H and O–H groups in total. The van der Waals surface area contributed by atoms with Crippen LogP contribution in [0.4, 0.5) is 10.5 Å². The summed E-state index contributed by atoms with van der Waals surface area (Å²) in [6.07, 6.45) is 3.00. The van der Waals surface area contributed by atoms with E-state index in [2.05, 4.69) is 11.4 Å². The molecule has 1 heterocycles. The van der Waals surface area contributed by atoms with Crippen molar-refractivity contribution in [2.45, 2.75) is 44.1 Å². The van der Waals surface area contributed by atoms with E-state index >= 15 is 0 Å². The van der Waals surface area contributed by atoms with Crippen LogP contribution >= 0.6 is 0 Å². The standard InChI is InChI=1S/C19H21N3O3/c1-12-8-14(4-5-16(12)19(11-20)6-7-19)22-10-15(25-18(22)24)9-21-17(23)13-2-3-13/h4-5,8,13,15H,2-3,6-7,9-10H2,1H3,(H,21,23)/t15-/m0/s1. The fraction of sp³-hybridized carbons (Fsp3) is 0.526. The molecule has 0 radical (unpaired) electrons. The third-order valence-electron chi connectivity index (χ3n) is 5.33. The smallest absolute Gasteiger partial charge is 0.414 e. The fourth-order valence-corrected chi connectivity index (χ4v) is 3.46. The Balaban J connectivity index is 1.43. The molecule has 4 rings (SSSR count). The minimum absolute atomic E-state index is 0.0564. The third kappa shape index (κ3) is 2.95. The van der Waals surface area contributed by atoms with Gasteiger partial charge in [-0.15, -0.1) is 0 Å². The SMILES string of the molecule is Cc1cc(N2C[C@H](CNC(=O)C3CC3)OC2=O)ccc1C1(C#N)CC1. The molecule has 2 amide bonds. The molecule has 130 valence electrons. The van der Waals surface area contributed by atoms with Gasteiger partial charge in [-0.2, -0.15) is 5.26 Å². The molecular formula is C19H21N3O3. The van der Waals surface area contributed by atoms with E-state index in [0.717, 1.165) is 42.5 Å². The largest absolute Gasteiger partial charge is 0.442 e. The first-order valence-electron chi connectivity index (χ1n) is 8.81. The first-order valence-corrected chi connectivity index (χ1v) is 8.81. The molecule has 0 spiro atoms. The van der Waals surface area contributed by atoms with Crippen molar-refractivity contribution in [3.63, 3.8) is 0 Å². The fourth-order valence-electron chi connectivity index (χ4n) is 3.46. The lowest BCUT2D eigenvalue weighted by Crippen LogP contribution is -2.35. The van der Waals surface area contributed by atoms with Crippen molar-refractivity contribution < 1.29 is 14.3 Å². The van der Waals surface area contributed by atoms with Gasteiger partial charge in [0.05, 0.1) is 24.6 Å². The number of nitrogens with one attached hydrogen (secondary N) is 1. The Morgan fingerprint density at radius 2 is 2.20 bits per heavy atom. The van der Waals surface area contributed by atoms with Crippen LogP contribution in [0.3, 0.4) is 0 Å². The average molecular weight is 339 g/mol. The molecule has 1 aromatic rings. The van der Waals surface area contributed by atoms with Crippen LogP contribution in [0.25, 0.3) is 0 Å². The zero-order valence-corrected chi connectivity index (χ0v) is 14.2. The number of benzene rings is 1. The van der Waals surface area contributed by atoms with Crippen molar-refractivity contribution >= 4 is 17.7 Å². The van der Waals surface area contributed by atoms with E-state index in [1.165, 1.54) is 0 Å². The highest BCUT2D eigenvalue weighted by molar-refractivity contribution is 5.90. The summed E-state index contributed by atoms with van der Waals surface area (Å²) in [5, 5.41) is 12.2. The highest BCUT2D eigenvalue weighted by Crippen LogP contribution is 2.49. The summed E-state index contributed by atoms with van der Waals surface area (Å²) < 4.78 is 5.37. The first kappa shape index (κ1) is 15.9. The highest BCUT2D eigenvalue weighted by atomic mass is 16.6. The second-order valence-corrected chi connectivity index (χ2v) is 7.33. The van der Waals surface area contributed by atoms with E-state index in [-0.39, 0.29) is 29.4 Å². The molecule has 2 aliphatic carbocycles. The number of ether oxygens (including phenoxy) is 1. The lowest BCUT2D eigenvalue weighted by molar-refractivity contribution is -0.122. The minimum Gasteiger partial charge on any atom is -0.442 e. The monoisotopic (exact) mass is 339 g/mol. The van der Waals surface area contributed by atoms with Gasteiger partial charge < -0.3 is 10.1 Å². The van der Waals surface area contributed by atoms with Gasteiger partial charge in [0.2, 0.25) is 5.91 Å². The number of anilines is 1. The second-order valence-electron chi connectivity index (χ2n) is 7.33. The van der Waals surface area contributed by atoms with Crippen LogP contribution in [0.2, 0.25) is 0 Å². The van der Waals surface area contributed by atoms with E-state index < -0.39 is 0 Å². The maximum absolute atomic E-state index is 12.2. The molecule has 6 heteroatoms. The molecule has 3 fully saturated rings. The zero-order chi connectivity index (χ0) is 17.6. The van der Waals surface area contributed by atoms with E-state index in [1.807, 2.05) is 25.1 Å². The van der Waals surface area contributed by atoms with Gasteiger partial charge in [0.25, 0.3) is 0 Å². The molecule has 3 aliphatic rings. The summed E-state index contributed by atoms with van der Waals surface area (Å²) >= 11 is 0. The zero-order valence-electron chi connectivity index (χ0n) is 14.2. The van der Waals surface area contributed by atoms with Crippen molar-refractivity contribution in [1.29, 1.82) is 5.26 Å². The number of nitriles is 1. The number of carbonyl (C=O) groups excluding carboxylic acids is 2. The Hall–Kier alpha value is -2.55. The third-order valence-corrected chi connectivity index (χ3v) is 5.33. The average Bonchev–Trinajstić information content (AvgIpc) is 3.51. The van der Waals surface area contributed by atoms with Gasteiger partial charge in [-0.1, -0.05) is 6.07 Å². The van der Waals surface area contributed by atoms with Gasteiger partial charge in [-0.05, 0) is 55.9 Å². The Morgan fingerprint density at radius 1 is 1.44 bits per heavy atom. The number of hydrogen-bond donors (Lipinski definition) is 1. The lowest BCUT2D eigenvalue weighted by Gasteiger charge is -2.17. The predicted octanol–water partition coefficient (Wildman–Crippen LogP) is 2.40. The van der Waals surface area contributed by atoms with Gasteiger partial charge in [0, 0.05) is 11.6 Å². The summed E-state index contributed by atoms with van der Waals surface area (Å²) in [6, 6.07) is 8.19. The number of nitrogens with zero attached hydrogens (tertiary/aromatic N) is 2. The van der Waals surface area contributed by atoms with Gasteiger partial charge in [0.15, 0.2) is 0 Å². The van der Waals surface area contributed by atoms with Crippen LogP contribution < -0.4 is 10.2 Å².